The molecule has 1 aromatic rings. The number of hydrogen-bond donors (Lipinski definition) is 2. The van der Waals surface area contributed by atoms with Gasteiger partial charge in [0.2, 0.25) is 0 Å². The number of carboxylic acid groups (broad SMARTS) is 1. The summed E-state index contributed by atoms with van der Waals surface area (Å²) < 4.78 is 0. The van der Waals surface area contributed by atoms with Gasteiger partial charge in [0.1, 0.15) is 5.75 Å². The Bertz CT molecular complexity index is 573. The topological polar surface area (TPSA) is 57.5 Å². The number of aliphatic carboxylic acids is 1. The molecule has 0 saturated carbocycles. The molecule has 2 N–H and O–H groups in total. The van der Waals surface area contributed by atoms with Gasteiger partial charge in [-0.15, -0.1) is 0 Å². The number of aromatic hydroxyl groups is 1. The molecule has 0 fully saturated rings. The van der Waals surface area contributed by atoms with Crippen molar-refractivity contribution >= 4 is 5.97 Å². The molecule has 1 aromatic carbocycles. The Labute approximate surface area is 153 Å². The number of carbonyl (C=O) groups is 1. The van der Waals surface area contributed by atoms with Crippen LogP contribution in [0.2, 0.25) is 0 Å². The Balaban J connectivity index is 3.23. The molecule has 0 radical (unpaired) electrons. The van der Waals surface area contributed by atoms with E-state index in [0.717, 1.165) is 42.4 Å². The average molecular weight is 349 g/mol. The van der Waals surface area contributed by atoms with Gasteiger partial charge in [-0.1, -0.05) is 59.9 Å². The monoisotopic (exact) mass is 348 g/mol. The van der Waals surface area contributed by atoms with Crippen molar-refractivity contribution < 1.29 is 15.0 Å². The fraction of sp³-hybridized carbons (Fsp3) is 0.682. The molecule has 0 aromatic heterocycles. The maximum atomic E-state index is 11.0. The summed E-state index contributed by atoms with van der Waals surface area (Å²) in [6, 6.07) is 2.18. The lowest BCUT2D eigenvalue weighted by Crippen LogP contribution is -2.19. The number of unbranched alkanes of at least 4 members (excludes halogenated alkanes) is 2. The van der Waals surface area contributed by atoms with Crippen molar-refractivity contribution in [3.05, 3.63) is 28.3 Å². The summed E-state index contributed by atoms with van der Waals surface area (Å²) in [5.74, 6) is -0.319. The first-order valence-corrected chi connectivity index (χ1v) is 9.87. The van der Waals surface area contributed by atoms with Crippen molar-refractivity contribution in [3.8, 4) is 5.75 Å². The van der Waals surface area contributed by atoms with Crippen LogP contribution in [0.3, 0.4) is 0 Å². The van der Waals surface area contributed by atoms with Gasteiger partial charge in [-0.05, 0) is 54.2 Å². The maximum absolute atomic E-state index is 11.0. The lowest BCUT2D eigenvalue weighted by Gasteiger charge is -2.29. The minimum absolute atomic E-state index is 0.0489. The molecule has 3 nitrogen and oxygen atoms in total. The lowest BCUT2D eigenvalue weighted by molar-refractivity contribution is -0.137. The fourth-order valence-electron chi connectivity index (χ4n) is 3.72. The quantitative estimate of drug-likeness (QED) is 0.498. The molecule has 142 valence electrons. The first kappa shape index (κ1) is 21.5. The SMILES string of the molecule is CCCCCC(C)(C)c1cc(CC)c(CCCC(=O)O)c(CC)c1O. The normalized spacial score (nSPS) is 11.7. The molecule has 25 heavy (non-hydrogen) atoms. The molecule has 3 heteroatoms. The van der Waals surface area contributed by atoms with Crippen LogP contribution in [0.25, 0.3) is 0 Å². The second-order valence-electron chi connectivity index (χ2n) is 7.68. The minimum Gasteiger partial charge on any atom is -0.507 e. The van der Waals surface area contributed by atoms with Crippen LogP contribution >= 0.6 is 0 Å². The molecule has 0 amide bonds. The summed E-state index contributed by atoms with van der Waals surface area (Å²) in [5.41, 5.74) is 4.45. The summed E-state index contributed by atoms with van der Waals surface area (Å²) >= 11 is 0. The van der Waals surface area contributed by atoms with Gasteiger partial charge >= 0.3 is 5.97 Å². The molecule has 0 bridgehead atoms. The van der Waals surface area contributed by atoms with Crippen molar-refractivity contribution in [3.63, 3.8) is 0 Å². The van der Waals surface area contributed by atoms with Gasteiger partial charge in [-0.2, -0.15) is 0 Å². The molecule has 0 spiro atoms. The van der Waals surface area contributed by atoms with Gasteiger partial charge in [0, 0.05) is 12.0 Å². The number of phenolic OH excluding ortho intramolecular Hbond substituents is 1. The van der Waals surface area contributed by atoms with E-state index in [1.54, 1.807) is 0 Å². The number of rotatable bonds is 11. The van der Waals surface area contributed by atoms with Crippen molar-refractivity contribution in [1.82, 2.24) is 0 Å². The van der Waals surface area contributed by atoms with Crippen molar-refractivity contribution in [2.75, 3.05) is 0 Å². The van der Waals surface area contributed by atoms with Crippen LogP contribution in [-0.4, -0.2) is 16.2 Å². The van der Waals surface area contributed by atoms with Crippen molar-refractivity contribution in [1.29, 1.82) is 0 Å². The van der Waals surface area contributed by atoms with Crippen LogP contribution in [0.5, 0.6) is 5.75 Å². The summed E-state index contributed by atoms with van der Waals surface area (Å²) in [6.07, 6.45) is 7.87. The number of benzene rings is 1. The van der Waals surface area contributed by atoms with E-state index in [4.69, 9.17) is 5.11 Å². The Morgan fingerprint density at radius 1 is 1.04 bits per heavy atom. The Morgan fingerprint density at radius 2 is 1.72 bits per heavy atom. The van der Waals surface area contributed by atoms with Gasteiger partial charge in [0.05, 0.1) is 0 Å². The van der Waals surface area contributed by atoms with Crippen LogP contribution in [-0.2, 0) is 29.5 Å². The molecule has 0 unspecified atom stereocenters. The van der Waals surface area contributed by atoms with E-state index in [1.807, 2.05) is 0 Å². The highest BCUT2D eigenvalue weighted by molar-refractivity contribution is 5.66. The molecule has 0 heterocycles. The first-order chi connectivity index (χ1) is 11.8. The van der Waals surface area contributed by atoms with Gasteiger partial charge < -0.3 is 10.2 Å². The Kier molecular flexibility index (Phi) is 8.47. The molecule has 0 saturated heterocycles. The van der Waals surface area contributed by atoms with E-state index in [1.165, 1.54) is 24.8 Å². The van der Waals surface area contributed by atoms with Gasteiger partial charge in [-0.25, -0.2) is 0 Å². The van der Waals surface area contributed by atoms with Crippen molar-refractivity contribution in [2.45, 2.75) is 97.8 Å². The van der Waals surface area contributed by atoms with Crippen LogP contribution in [0.15, 0.2) is 6.07 Å². The summed E-state index contributed by atoms with van der Waals surface area (Å²) in [7, 11) is 0. The number of aryl methyl sites for hydroxylation is 1. The average Bonchev–Trinajstić information content (AvgIpc) is 2.54. The molecular formula is C22H36O3. The van der Waals surface area contributed by atoms with E-state index in [0.29, 0.717) is 12.2 Å². The van der Waals surface area contributed by atoms with Gasteiger partial charge in [0.25, 0.3) is 0 Å². The predicted molar refractivity (Wildman–Crippen MR) is 105 cm³/mol. The lowest BCUT2D eigenvalue weighted by atomic mass is 9.76. The van der Waals surface area contributed by atoms with Crippen LogP contribution in [0.4, 0.5) is 0 Å². The summed E-state index contributed by atoms with van der Waals surface area (Å²) in [5, 5.41) is 19.9. The zero-order chi connectivity index (χ0) is 19.0. The molecule has 0 aliphatic heterocycles. The highest BCUT2D eigenvalue weighted by atomic mass is 16.4. The van der Waals surface area contributed by atoms with Crippen LogP contribution in [0, 0.1) is 0 Å². The first-order valence-electron chi connectivity index (χ1n) is 9.87. The molecule has 1 rings (SSSR count). The van der Waals surface area contributed by atoms with Gasteiger partial charge in [-0.3, -0.25) is 4.79 Å². The highest BCUT2D eigenvalue weighted by Gasteiger charge is 2.27. The second kappa shape index (κ2) is 9.84. The third-order valence-corrected chi connectivity index (χ3v) is 5.30. The molecular weight excluding hydrogens is 312 g/mol. The fourth-order valence-corrected chi connectivity index (χ4v) is 3.72. The predicted octanol–water partition coefficient (Wildman–Crippen LogP) is 5.78. The zero-order valence-corrected chi connectivity index (χ0v) is 16.7. The van der Waals surface area contributed by atoms with Crippen LogP contribution in [0.1, 0.15) is 95.4 Å². The third kappa shape index (κ3) is 5.76. The summed E-state index contributed by atoms with van der Waals surface area (Å²) in [6.45, 7) is 10.9. The smallest absolute Gasteiger partial charge is 0.303 e. The third-order valence-electron chi connectivity index (χ3n) is 5.30. The van der Waals surface area contributed by atoms with E-state index < -0.39 is 5.97 Å². The minimum atomic E-state index is -0.756. The number of phenols is 1. The number of carboxylic acids is 1. The molecule has 0 aliphatic rings. The van der Waals surface area contributed by atoms with E-state index in [2.05, 4.69) is 40.7 Å². The maximum Gasteiger partial charge on any atom is 0.303 e. The highest BCUT2D eigenvalue weighted by Crippen LogP contribution is 2.40. The standard InChI is InChI=1S/C22H36O3/c1-6-9-10-14-22(4,5)19-15-16(7-2)18(12-11-13-20(23)24)17(8-3)21(19)25/h15,25H,6-14H2,1-5H3,(H,23,24). The molecule has 0 aliphatic carbocycles. The Morgan fingerprint density at radius 3 is 2.24 bits per heavy atom. The second-order valence-corrected chi connectivity index (χ2v) is 7.68. The van der Waals surface area contributed by atoms with E-state index in [9.17, 15) is 9.90 Å². The molecule has 0 atom stereocenters. The van der Waals surface area contributed by atoms with E-state index >= 15 is 0 Å². The Hall–Kier alpha value is -1.51. The zero-order valence-electron chi connectivity index (χ0n) is 16.7. The van der Waals surface area contributed by atoms with Crippen LogP contribution < -0.4 is 0 Å². The summed E-state index contributed by atoms with van der Waals surface area (Å²) in [4.78, 5) is 10.8. The van der Waals surface area contributed by atoms with E-state index in [-0.39, 0.29) is 11.8 Å². The number of hydrogen-bond acceptors (Lipinski definition) is 2. The van der Waals surface area contributed by atoms with Crippen molar-refractivity contribution in [2.24, 2.45) is 0 Å². The largest absolute Gasteiger partial charge is 0.507 e. The van der Waals surface area contributed by atoms with Gasteiger partial charge in [0.15, 0.2) is 0 Å².